The first-order valence-corrected chi connectivity index (χ1v) is 9.46. The summed E-state index contributed by atoms with van der Waals surface area (Å²) in [6.07, 6.45) is 1.81. The minimum absolute atomic E-state index is 0.0188. The molecule has 0 bridgehead atoms. The summed E-state index contributed by atoms with van der Waals surface area (Å²) in [7, 11) is 0. The van der Waals surface area contributed by atoms with E-state index in [4.69, 9.17) is 21.5 Å². The summed E-state index contributed by atoms with van der Waals surface area (Å²) in [5, 5.41) is 23.8. The molecule has 0 spiro atoms. The lowest BCUT2D eigenvalue weighted by Gasteiger charge is -2.26. The largest absolute Gasteiger partial charge is 0.489 e. The molecule has 32 heavy (non-hydrogen) atoms. The fourth-order valence-corrected chi connectivity index (χ4v) is 3.37. The molecule has 0 aliphatic carbocycles. The normalized spacial score (nSPS) is 14.2. The number of benzene rings is 2. The van der Waals surface area contributed by atoms with E-state index in [9.17, 15) is 9.65 Å². The maximum absolute atomic E-state index is 13.1. The van der Waals surface area contributed by atoms with Gasteiger partial charge in [-0.1, -0.05) is 18.2 Å². The topological polar surface area (TPSA) is 158 Å². The summed E-state index contributed by atoms with van der Waals surface area (Å²) in [5.74, 6) is 0.658. The van der Waals surface area contributed by atoms with Crippen LogP contribution in [0.15, 0.2) is 53.5 Å². The van der Waals surface area contributed by atoms with Crippen molar-refractivity contribution in [3.63, 3.8) is 0 Å². The van der Waals surface area contributed by atoms with Gasteiger partial charge >= 0.3 is 0 Å². The Labute approximate surface area is 182 Å². The van der Waals surface area contributed by atoms with Gasteiger partial charge in [0.15, 0.2) is 6.19 Å². The van der Waals surface area contributed by atoms with Crippen molar-refractivity contribution in [1.29, 1.82) is 10.5 Å². The van der Waals surface area contributed by atoms with Crippen LogP contribution in [-0.2, 0) is 6.61 Å². The molecule has 1 unspecified atom stereocenters. The van der Waals surface area contributed by atoms with Gasteiger partial charge < -0.3 is 21.5 Å². The first-order chi connectivity index (χ1) is 15.5. The second-order valence-corrected chi connectivity index (χ2v) is 6.89. The lowest BCUT2D eigenvalue weighted by Crippen LogP contribution is -2.32. The number of guanidine groups is 1. The SMILES string of the molecule is N#CNC1=NC(c2cccc(COc3ccc(F)cc3)c2)c2c(nc(N)c(C#N)c2N)N1. The van der Waals surface area contributed by atoms with Crippen molar-refractivity contribution in [1.82, 2.24) is 10.3 Å². The molecule has 1 atom stereocenters. The summed E-state index contributed by atoms with van der Waals surface area (Å²) in [4.78, 5) is 8.78. The Morgan fingerprint density at radius 1 is 1.16 bits per heavy atom. The molecule has 0 amide bonds. The Morgan fingerprint density at radius 2 is 1.94 bits per heavy atom. The third kappa shape index (κ3) is 3.93. The molecule has 0 radical (unpaired) electrons. The molecule has 1 aliphatic rings. The zero-order chi connectivity index (χ0) is 22.7. The smallest absolute Gasteiger partial charge is 0.211 e. The third-order valence-electron chi connectivity index (χ3n) is 4.84. The second-order valence-electron chi connectivity index (χ2n) is 6.89. The van der Waals surface area contributed by atoms with E-state index in [0.29, 0.717) is 17.1 Å². The number of nitrogens with two attached hydrogens (primary N) is 2. The van der Waals surface area contributed by atoms with Crippen LogP contribution in [0.5, 0.6) is 5.75 Å². The van der Waals surface area contributed by atoms with Crippen molar-refractivity contribution in [3.05, 3.63) is 76.6 Å². The van der Waals surface area contributed by atoms with Crippen molar-refractivity contribution in [2.75, 3.05) is 16.8 Å². The molecule has 0 fully saturated rings. The highest BCUT2D eigenvalue weighted by Crippen LogP contribution is 2.40. The number of nitrogens with zero attached hydrogens (tertiary/aromatic N) is 4. The average molecular weight is 428 g/mol. The molecule has 2 heterocycles. The number of rotatable bonds is 4. The van der Waals surface area contributed by atoms with Crippen LogP contribution >= 0.6 is 0 Å². The predicted molar refractivity (Wildman–Crippen MR) is 117 cm³/mol. The van der Waals surface area contributed by atoms with Gasteiger partial charge in [0.25, 0.3) is 0 Å². The number of nitrogen functional groups attached to an aromatic ring is 2. The van der Waals surface area contributed by atoms with Crippen LogP contribution < -0.4 is 26.8 Å². The number of aromatic nitrogens is 1. The molecule has 158 valence electrons. The summed E-state index contributed by atoms with van der Waals surface area (Å²) in [6, 6.07) is 14.5. The number of hydrogen-bond donors (Lipinski definition) is 4. The molecule has 6 N–H and O–H groups in total. The van der Waals surface area contributed by atoms with Crippen LogP contribution in [0.2, 0.25) is 0 Å². The number of fused-ring (bicyclic) bond motifs is 1. The van der Waals surface area contributed by atoms with E-state index in [1.165, 1.54) is 12.1 Å². The highest BCUT2D eigenvalue weighted by atomic mass is 19.1. The Balaban J connectivity index is 1.71. The Kier molecular flexibility index (Phi) is 5.43. The van der Waals surface area contributed by atoms with E-state index in [1.54, 1.807) is 12.1 Å². The number of anilines is 3. The lowest BCUT2D eigenvalue weighted by atomic mass is 9.94. The monoisotopic (exact) mass is 428 g/mol. The van der Waals surface area contributed by atoms with Gasteiger partial charge in [0.2, 0.25) is 5.96 Å². The zero-order valence-electron chi connectivity index (χ0n) is 16.6. The molecular formula is C22H17FN8O. The molecule has 0 saturated heterocycles. The van der Waals surface area contributed by atoms with Crippen LogP contribution in [0.3, 0.4) is 0 Å². The van der Waals surface area contributed by atoms with Crippen molar-refractivity contribution in [2.45, 2.75) is 12.6 Å². The Morgan fingerprint density at radius 3 is 2.66 bits per heavy atom. The fourth-order valence-electron chi connectivity index (χ4n) is 3.37. The molecular weight excluding hydrogens is 411 g/mol. The number of ether oxygens (including phenoxy) is 1. The van der Waals surface area contributed by atoms with Crippen molar-refractivity contribution < 1.29 is 9.13 Å². The highest BCUT2D eigenvalue weighted by Gasteiger charge is 2.29. The maximum Gasteiger partial charge on any atom is 0.211 e. The third-order valence-corrected chi connectivity index (χ3v) is 4.84. The van der Waals surface area contributed by atoms with Crippen LogP contribution in [0.1, 0.15) is 28.3 Å². The van der Waals surface area contributed by atoms with Crippen LogP contribution in [0, 0.1) is 28.6 Å². The average Bonchev–Trinajstić information content (AvgIpc) is 2.79. The summed E-state index contributed by atoms with van der Waals surface area (Å²) < 4.78 is 18.8. The van der Waals surface area contributed by atoms with E-state index >= 15 is 0 Å². The second kappa shape index (κ2) is 8.50. The standard InChI is InChI=1S/C22H17FN8O/c23-14-4-6-15(7-5-14)32-10-12-2-1-3-13(8-12)19-17-18(26)16(9-24)20(27)30-21(17)31-22(29-19)28-11-25/h1-8,19H,10H2,(H6,26,27,28,29,30,31). The quantitative estimate of drug-likeness (QED) is 0.365. The minimum atomic E-state index is -0.645. The van der Waals surface area contributed by atoms with Crippen LogP contribution in [0.4, 0.5) is 21.7 Å². The Bertz CT molecular complexity index is 1290. The molecule has 2 aromatic carbocycles. The van der Waals surface area contributed by atoms with E-state index in [2.05, 4.69) is 20.6 Å². The molecule has 10 heteroatoms. The van der Waals surface area contributed by atoms with Crippen molar-refractivity contribution in [2.24, 2.45) is 4.99 Å². The minimum Gasteiger partial charge on any atom is -0.489 e. The van der Waals surface area contributed by atoms with E-state index in [1.807, 2.05) is 36.5 Å². The number of pyridine rings is 1. The van der Waals surface area contributed by atoms with Gasteiger partial charge in [-0.3, -0.25) is 5.32 Å². The maximum atomic E-state index is 13.1. The molecule has 0 saturated carbocycles. The number of aliphatic imine (C=N–C) groups is 1. The predicted octanol–water partition coefficient (Wildman–Crippen LogP) is 2.78. The number of nitriles is 2. The molecule has 1 aliphatic heterocycles. The van der Waals surface area contributed by atoms with Gasteiger partial charge in [-0.15, -0.1) is 0 Å². The summed E-state index contributed by atoms with van der Waals surface area (Å²) in [5.41, 5.74) is 14.4. The van der Waals surface area contributed by atoms with Gasteiger partial charge in [0.05, 0.1) is 5.69 Å². The summed E-state index contributed by atoms with van der Waals surface area (Å²) in [6.45, 7) is 0.239. The molecule has 9 nitrogen and oxygen atoms in total. The van der Waals surface area contributed by atoms with E-state index < -0.39 is 6.04 Å². The number of halogens is 1. The van der Waals surface area contributed by atoms with Crippen LogP contribution in [-0.4, -0.2) is 10.9 Å². The molecule has 1 aromatic heterocycles. The van der Waals surface area contributed by atoms with Gasteiger partial charge in [0.1, 0.15) is 47.5 Å². The lowest BCUT2D eigenvalue weighted by molar-refractivity contribution is 0.305. The summed E-state index contributed by atoms with van der Waals surface area (Å²) >= 11 is 0. The van der Waals surface area contributed by atoms with E-state index in [-0.39, 0.29) is 35.5 Å². The fraction of sp³-hybridized carbons (Fsp3) is 0.0909. The zero-order valence-corrected chi connectivity index (χ0v) is 16.6. The number of nitrogens with one attached hydrogen (secondary N) is 2. The van der Waals surface area contributed by atoms with Crippen molar-refractivity contribution >= 4 is 23.3 Å². The Hall–Kier alpha value is -4.83. The van der Waals surface area contributed by atoms with Gasteiger partial charge in [0, 0.05) is 5.56 Å². The molecule has 3 aromatic rings. The first-order valence-electron chi connectivity index (χ1n) is 9.46. The van der Waals surface area contributed by atoms with Gasteiger partial charge in [-0.2, -0.15) is 10.5 Å². The van der Waals surface area contributed by atoms with Gasteiger partial charge in [-0.05, 0) is 41.5 Å². The molecule has 4 rings (SSSR count). The van der Waals surface area contributed by atoms with Crippen molar-refractivity contribution in [3.8, 4) is 18.0 Å². The van der Waals surface area contributed by atoms with Gasteiger partial charge in [-0.25, -0.2) is 14.4 Å². The number of hydrogen-bond acceptors (Lipinski definition) is 9. The van der Waals surface area contributed by atoms with Crippen LogP contribution in [0.25, 0.3) is 0 Å². The van der Waals surface area contributed by atoms with E-state index in [0.717, 1.165) is 11.1 Å². The first kappa shape index (κ1) is 20.4. The highest BCUT2D eigenvalue weighted by molar-refractivity contribution is 5.98.